The van der Waals surface area contributed by atoms with Gasteiger partial charge in [0.2, 0.25) is 0 Å². The summed E-state index contributed by atoms with van der Waals surface area (Å²) in [6, 6.07) is 12.4. The maximum absolute atomic E-state index is 6.48. The van der Waals surface area contributed by atoms with E-state index in [2.05, 4.69) is 44.3 Å². The number of hydrogen-bond donors (Lipinski definition) is 1. The largest absolute Gasteiger partial charge is 0.497 e. The molecule has 0 spiro atoms. The molecule has 0 bridgehead atoms. The summed E-state index contributed by atoms with van der Waals surface area (Å²) in [7, 11) is 1.68. The zero-order chi connectivity index (χ0) is 15.4. The van der Waals surface area contributed by atoms with Crippen LogP contribution in [0.4, 0.5) is 0 Å². The smallest absolute Gasteiger partial charge is 0.119 e. The number of nitrogens with one attached hydrogen (secondary N) is 1. The lowest BCUT2D eigenvalue weighted by atomic mass is 9.95. The molecule has 0 aromatic heterocycles. The van der Waals surface area contributed by atoms with Gasteiger partial charge in [-0.05, 0) is 60.8 Å². The molecule has 112 valence electrons. The molecule has 0 saturated carbocycles. The third-order valence-electron chi connectivity index (χ3n) is 3.76. The molecule has 0 amide bonds. The standard InChI is InChI=1S/C18H22ClNO/c1-5-20-18(14-7-6-8-15(11-14)21-4)16-9-12(2)13(3)10-17(16)19/h6-11,18,20H,5H2,1-4H3. The van der Waals surface area contributed by atoms with Gasteiger partial charge in [-0.1, -0.05) is 36.7 Å². The van der Waals surface area contributed by atoms with Gasteiger partial charge in [0.1, 0.15) is 5.75 Å². The van der Waals surface area contributed by atoms with Crippen LogP contribution in [0.3, 0.4) is 0 Å². The number of hydrogen-bond acceptors (Lipinski definition) is 2. The predicted molar refractivity (Wildman–Crippen MR) is 89.4 cm³/mol. The van der Waals surface area contributed by atoms with E-state index in [1.54, 1.807) is 7.11 Å². The van der Waals surface area contributed by atoms with Crippen LogP contribution < -0.4 is 10.1 Å². The highest BCUT2D eigenvalue weighted by molar-refractivity contribution is 6.31. The van der Waals surface area contributed by atoms with Crippen molar-refractivity contribution >= 4 is 11.6 Å². The molecule has 0 heterocycles. The van der Waals surface area contributed by atoms with E-state index in [1.165, 1.54) is 11.1 Å². The van der Waals surface area contributed by atoms with Crippen molar-refractivity contribution in [3.8, 4) is 5.75 Å². The van der Waals surface area contributed by atoms with Crippen LogP contribution in [0.1, 0.15) is 35.2 Å². The first kappa shape index (κ1) is 15.9. The van der Waals surface area contributed by atoms with Gasteiger partial charge in [-0.3, -0.25) is 0 Å². The Morgan fingerprint density at radius 2 is 1.86 bits per heavy atom. The van der Waals surface area contributed by atoms with Gasteiger partial charge in [0.25, 0.3) is 0 Å². The molecule has 21 heavy (non-hydrogen) atoms. The van der Waals surface area contributed by atoms with Crippen LogP contribution in [0.25, 0.3) is 0 Å². The van der Waals surface area contributed by atoms with Crippen LogP contribution in [0, 0.1) is 13.8 Å². The predicted octanol–water partition coefficient (Wildman–Crippen LogP) is 4.66. The molecule has 0 aliphatic carbocycles. The molecule has 0 aliphatic rings. The van der Waals surface area contributed by atoms with Crippen LogP contribution in [0.5, 0.6) is 5.75 Å². The van der Waals surface area contributed by atoms with E-state index in [9.17, 15) is 0 Å². The molecule has 2 rings (SSSR count). The molecule has 0 fully saturated rings. The number of methoxy groups -OCH3 is 1. The molecule has 1 N–H and O–H groups in total. The second kappa shape index (κ2) is 6.97. The Bertz CT molecular complexity index is 625. The zero-order valence-corrected chi connectivity index (χ0v) is 13.8. The average molecular weight is 304 g/mol. The van der Waals surface area contributed by atoms with Crippen LogP contribution in [-0.2, 0) is 0 Å². The van der Waals surface area contributed by atoms with E-state index in [1.807, 2.05) is 18.2 Å². The van der Waals surface area contributed by atoms with Crippen molar-refractivity contribution in [2.75, 3.05) is 13.7 Å². The van der Waals surface area contributed by atoms with Gasteiger partial charge in [0, 0.05) is 5.02 Å². The normalized spacial score (nSPS) is 12.2. The number of ether oxygens (including phenoxy) is 1. The number of aryl methyl sites for hydroxylation is 2. The lowest BCUT2D eigenvalue weighted by Crippen LogP contribution is -2.22. The van der Waals surface area contributed by atoms with E-state index < -0.39 is 0 Å². The fourth-order valence-corrected chi connectivity index (χ4v) is 2.78. The zero-order valence-electron chi connectivity index (χ0n) is 13.0. The Labute approximate surface area is 132 Å². The van der Waals surface area contributed by atoms with Gasteiger partial charge in [0.05, 0.1) is 13.2 Å². The summed E-state index contributed by atoms with van der Waals surface area (Å²) in [5.41, 5.74) is 4.72. The Hall–Kier alpha value is -1.51. The maximum atomic E-state index is 6.48. The molecule has 0 radical (unpaired) electrons. The lowest BCUT2D eigenvalue weighted by Gasteiger charge is -2.22. The summed E-state index contributed by atoms with van der Waals surface area (Å²) in [5.74, 6) is 0.857. The average Bonchev–Trinajstić information content (AvgIpc) is 2.49. The molecule has 0 aliphatic heterocycles. The summed E-state index contributed by atoms with van der Waals surface area (Å²) >= 11 is 6.48. The van der Waals surface area contributed by atoms with E-state index in [0.29, 0.717) is 0 Å². The molecule has 2 nitrogen and oxygen atoms in total. The number of halogens is 1. The molecule has 1 unspecified atom stereocenters. The lowest BCUT2D eigenvalue weighted by molar-refractivity contribution is 0.413. The second-order valence-electron chi connectivity index (χ2n) is 5.23. The summed E-state index contributed by atoms with van der Waals surface area (Å²) in [6.45, 7) is 7.16. The highest BCUT2D eigenvalue weighted by atomic mass is 35.5. The monoisotopic (exact) mass is 303 g/mol. The first-order chi connectivity index (χ1) is 10.1. The van der Waals surface area contributed by atoms with E-state index in [0.717, 1.165) is 28.4 Å². The molecular formula is C18H22ClNO. The number of benzene rings is 2. The fraction of sp³-hybridized carbons (Fsp3) is 0.333. The first-order valence-electron chi connectivity index (χ1n) is 7.20. The highest BCUT2D eigenvalue weighted by Crippen LogP contribution is 2.32. The van der Waals surface area contributed by atoms with Gasteiger partial charge in [-0.2, -0.15) is 0 Å². The molecule has 3 heteroatoms. The van der Waals surface area contributed by atoms with Gasteiger partial charge in [-0.25, -0.2) is 0 Å². The Morgan fingerprint density at radius 1 is 1.14 bits per heavy atom. The fourth-order valence-electron chi connectivity index (χ4n) is 2.46. The van der Waals surface area contributed by atoms with Crippen molar-refractivity contribution in [3.05, 3.63) is 63.7 Å². The Morgan fingerprint density at radius 3 is 2.52 bits per heavy atom. The van der Waals surface area contributed by atoms with Crippen molar-refractivity contribution < 1.29 is 4.74 Å². The molecule has 2 aromatic carbocycles. The molecular weight excluding hydrogens is 282 g/mol. The quantitative estimate of drug-likeness (QED) is 0.867. The van der Waals surface area contributed by atoms with E-state index >= 15 is 0 Å². The topological polar surface area (TPSA) is 21.3 Å². The van der Waals surface area contributed by atoms with Crippen LogP contribution in [0.15, 0.2) is 36.4 Å². The molecule has 2 aromatic rings. The summed E-state index contributed by atoms with van der Waals surface area (Å²) in [4.78, 5) is 0. The van der Waals surface area contributed by atoms with Crippen LogP contribution in [-0.4, -0.2) is 13.7 Å². The highest BCUT2D eigenvalue weighted by Gasteiger charge is 2.17. The van der Waals surface area contributed by atoms with Crippen molar-refractivity contribution in [3.63, 3.8) is 0 Å². The summed E-state index contributed by atoms with van der Waals surface area (Å²) in [5, 5.41) is 4.31. The van der Waals surface area contributed by atoms with Crippen molar-refractivity contribution in [1.82, 2.24) is 5.32 Å². The van der Waals surface area contributed by atoms with Gasteiger partial charge >= 0.3 is 0 Å². The summed E-state index contributed by atoms with van der Waals surface area (Å²) in [6.07, 6.45) is 0. The minimum Gasteiger partial charge on any atom is -0.497 e. The van der Waals surface area contributed by atoms with Gasteiger partial charge in [0.15, 0.2) is 0 Å². The van der Waals surface area contributed by atoms with E-state index in [-0.39, 0.29) is 6.04 Å². The summed E-state index contributed by atoms with van der Waals surface area (Å²) < 4.78 is 5.33. The molecule has 0 saturated heterocycles. The minimum absolute atomic E-state index is 0.0666. The molecule has 1 atom stereocenters. The second-order valence-corrected chi connectivity index (χ2v) is 5.63. The van der Waals surface area contributed by atoms with Crippen molar-refractivity contribution in [2.24, 2.45) is 0 Å². The SMILES string of the molecule is CCNC(c1cccc(OC)c1)c1cc(C)c(C)cc1Cl. The third kappa shape index (κ3) is 3.58. The van der Waals surface area contributed by atoms with Crippen molar-refractivity contribution in [1.29, 1.82) is 0 Å². The van der Waals surface area contributed by atoms with Crippen LogP contribution in [0.2, 0.25) is 5.02 Å². The van der Waals surface area contributed by atoms with Crippen LogP contribution >= 0.6 is 11.6 Å². The number of rotatable bonds is 5. The third-order valence-corrected chi connectivity index (χ3v) is 4.09. The first-order valence-corrected chi connectivity index (χ1v) is 7.58. The van der Waals surface area contributed by atoms with E-state index in [4.69, 9.17) is 16.3 Å². The minimum atomic E-state index is 0.0666. The Balaban J connectivity index is 2.50. The maximum Gasteiger partial charge on any atom is 0.119 e. The van der Waals surface area contributed by atoms with Gasteiger partial charge < -0.3 is 10.1 Å². The van der Waals surface area contributed by atoms with Crippen molar-refractivity contribution in [2.45, 2.75) is 26.8 Å². The Kier molecular flexibility index (Phi) is 5.27. The van der Waals surface area contributed by atoms with Gasteiger partial charge in [-0.15, -0.1) is 0 Å².